The van der Waals surface area contributed by atoms with Gasteiger partial charge in [0.05, 0.1) is 0 Å². The van der Waals surface area contributed by atoms with Crippen LogP contribution in [0.25, 0.3) is 6.08 Å². The van der Waals surface area contributed by atoms with Crippen LogP contribution in [0, 0.1) is 0 Å². The molecule has 1 aromatic carbocycles. The summed E-state index contributed by atoms with van der Waals surface area (Å²) in [5.74, 6) is 0.0465. The van der Waals surface area contributed by atoms with E-state index in [4.69, 9.17) is 0 Å². The lowest BCUT2D eigenvalue weighted by Gasteiger charge is -2.14. The van der Waals surface area contributed by atoms with Crippen LogP contribution in [0.3, 0.4) is 0 Å². The van der Waals surface area contributed by atoms with Gasteiger partial charge in [-0.25, -0.2) is 0 Å². The predicted octanol–water partition coefficient (Wildman–Crippen LogP) is 3.03. The van der Waals surface area contributed by atoms with E-state index < -0.39 is 0 Å². The number of amides is 1. The summed E-state index contributed by atoms with van der Waals surface area (Å²) in [5.41, 5.74) is 3.19. The molecule has 86 valence electrons. The van der Waals surface area contributed by atoms with Gasteiger partial charge in [0.15, 0.2) is 0 Å². The van der Waals surface area contributed by atoms with Gasteiger partial charge >= 0.3 is 0 Å². The number of aryl methyl sites for hydroxylation is 1. The SMILES string of the molecule is CCCNC(=O)c1cccc2c1C=CCC2.[HH]. The summed E-state index contributed by atoms with van der Waals surface area (Å²) in [6.07, 6.45) is 7.29. The Balaban J connectivity index is 0.00000144. The summed E-state index contributed by atoms with van der Waals surface area (Å²) in [6.45, 7) is 2.80. The molecule has 0 bridgehead atoms. The Bertz CT molecular complexity index is 426. The second-order valence-corrected chi connectivity index (χ2v) is 4.08. The van der Waals surface area contributed by atoms with E-state index in [2.05, 4.69) is 30.5 Å². The summed E-state index contributed by atoms with van der Waals surface area (Å²) in [6, 6.07) is 5.98. The van der Waals surface area contributed by atoms with Gasteiger partial charge < -0.3 is 5.32 Å². The van der Waals surface area contributed by atoms with Crippen molar-refractivity contribution in [3.8, 4) is 0 Å². The van der Waals surface area contributed by atoms with E-state index in [0.29, 0.717) is 0 Å². The Kier molecular flexibility index (Phi) is 3.40. The number of hydrogen-bond donors (Lipinski definition) is 1. The second kappa shape index (κ2) is 4.97. The van der Waals surface area contributed by atoms with Crippen LogP contribution in [-0.4, -0.2) is 12.5 Å². The molecule has 0 atom stereocenters. The maximum Gasteiger partial charge on any atom is 0.251 e. The van der Waals surface area contributed by atoms with Crippen LogP contribution in [0.15, 0.2) is 24.3 Å². The summed E-state index contributed by atoms with van der Waals surface area (Å²) in [4.78, 5) is 11.9. The molecule has 2 rings (SSSR count). The molecule has 0 saturated carbocycles. The first-order valence-electron chi connectivity index (χ1n) is 5.89. The number of hydrogen-bond acceptors (Lipinski definition) is 1. The van der Waals surface area contributed by atoms with Gasteiger partial charge in [0.2, 0.25) is 0 Å². The minimum Gasteiger partial charge on any atom is -0.352 e. The fourth-order valence-corrected chi connectivity index (χ4v) is 2.00. The molecule has 2 nitrogen and oxygen atoms in total. The number of benzene rings is 1. The molecule has 0 saturated heterocycles. The average molecular weight is 217 g/mol. The second-order valence-electron chi connectivity index (χ2n) is 4.08. The standard InChI is InChI=1S/C14H17NO.H2/c1-2-10-15-14(16)13-9-5-7-11-6-3-4-8-12(11)13;/h4-5,7-9H,2-3,6,10H2,1H3,(H,15,16);1H. The molecule has 1 aliphatic carbocycles. The lowest BCUT2D eigenvalue weighted by atomic mass is 9.93. The molecule has 1 amide bonds. The molecule has 2 heteroatoms. The van der Waals surface area contributed by atoms with Crippen molar-refractivity contribution in [1.29, 1.82) is 0 Å². The largest absolute Gasteiger partial charge is 0.352 e. The normalized spacial score (nSPS) is 13.3. The zero-order valence-electron chi connectivity index (χ0n) is 9.62. The first-order valence-corrected chi connectivity index (χ1v) is 5.89. The minimum atomic E-state index is 0. The van der Waals surface area contributed by atoms with E-state index in [-0.39, 0.29) is 7.33 Å². The number of fused-ring (bicyclic) bond motifs is 1. The number of allylic oxidation sites excluding steroid dienone is 1. The van der Waals surface area contributed by atoms with Gasteiger partial charge in [-0.15, -0.1) is 0 Å². The van der Waals surface area contributed by atoms with Crippen LogP contribution in [0.1, 0.15) is 42.7 Å². The molecule has 1 aromatic rings. The maximum absolute atomic E-state index is 11.9. The van der Waals surface area contributed by atoms with Crippen molar-refractivity contribution in [1.82, 2.24) is 5.32 Å². The third-order valence-electron chi connectivity index (χ3n) is 2.84. The van der Waals surface area contributed by atoms with Crippen LogP contribution < -0.4 is 5.32 Å². The van der Waals surface area contributed by atoms with Gasteiger partial charge in [0, 0.05) is 13.5 Å². The van der Waals surface area contributed by atoms with E-state index in [1.54, 1.807) is 0 Å². The molecular weight excluding hydrogens is 198 g/mol. The summed E-state index contributed by atoms with van der Waals surface area (Å²) >= 11 is 0. The van der Waals surface area contributed by atoms with Gasteiger partial charge in [-0.3, -0.25) is 4.79 Å². The van der Waals surface area contributed by atoms with Crippen molar-refractivity contribution in [2.24, 2.45) is 0 Å². The van der Waals surface area contributed by atoms with E-state index in [0.717, 1.165) is 36.9 Å². The highest BCUT2D eigenvalue weighted by molar-refractivity contribution is 5.98. The molecule has 0 radical (unpaired) electrons. The van der Waals surface area contributed by atoms with Crippen LogP contribution >= 0.6 is 0 Å². The smallest absolute Gasteiger partial charge is 0.251 e. The average Bonchev–Trinajstić information content (AvgIpc) is 2.35. The van der Waals surface area contributed by atoms with Gasteiger partial charge in [-0.2, -0.15) is 0 Å². The van der Waals surface area contributed by atoms with E-state index in [9.17, 15) is 4.79 Å². The predicted molar refractivity (Wildman–Crippen MR) is 68.5 cm³/mol. The zero-order chi connectivity index (χ0) is 11.4. The van der Waals surface area contributed by atoms with E-state index in [1.807, 2.05) is 12.1 Å². The molecule has 0 aromatic heterocycles. The molecule has 0 fully saturated rings. The molecule has 0 heterocycles. The molecule has 0 unspecified atom stereocenters. The van der Waals surface area contributed by atoms with E-state index in [1.165, 1.54) is 5.56 Å². The Morgan fingerprint density at radius 1 is 1.50 bits per heavy atom. The summed E-state index contributed by atoms with van der Waals surface area (Å²) < 4.78 is 0. The highest BCUT2D eigenvalue weighted by atomic mass is 16.1. The minimum absolute atomic E-state index is 0. The fourth-order valence-electron chi connectivity index (χ4n) is 2.00. The molecule has 1 N–H and O–H groups in total. The van der Waals surface area contributed by atoms with E-state index >= 15 is 0 Å². The fraction of sp³-hybridized carbons (Fsp3) is 0.357. The number of rotatable bonds is 3. The van der Waals surface area contributed by atoms with Gasteiger partial charge in [0.25, 0.3) is 5.91 Å². The Hall–Kier alpha value is -1.57. The van der Waals surface area contributed by atoms with Crippen molar-refractivity contribution < 1.29 is 6.22 Å². The van der Waals surface area contributed by atoms with Gasteiger partial charge in [-0.1, -0.05) is 31.2 Å². The summed E-state index contributed by atoms with van der Waals surface area (Å²) in [7, 11) is 0. The number of carbonyl (C=O) groups excluding carboxylic acids is 1. The lowest BCUT2D eigenvalue weighted by Crippen LogP contribution is -2.25. The van der Waals surface area contributed by atoms with Crippen molar-refractivity contribution in [2.45, 2.75) is 26.2 Å². The first kappa shape index (κ1) is 10.9. The van der Waals surface area contributed by atoms with Crippen molar-refractivity contribution in [2.75, 3.05) is 6.54 Å². The number of carbonyl (C=O) groups is 1. The van der Waals surface area contributed by atoms with Gasteiger partial charge in [-0.05, 0) is 36.5 Å². The molecule has 16 heavy (non-hydrogen) atoms. The lowest BCUT2D eigenvalue weighted by molar-refractivity contribution is 0.0953. The third kappa shape index (κ3) is 2.16. The Morgan fingerprint density at radius 2 is 2.38 bits per heavy atom. The number of nitrogens with one attached hydrogen (secondary N) is 1. The molecular formula is C14H19NO. The topological polar surface area (TPSA) is 29.1 Å². The third-order valence-corrected chi connectivity index (χ3v) is 2.84. The van der Waals surface area contributed by atoms with Crippen molar-refractivity contribution in [3.63, 3.8) is 0 Å². The monoisotopic (exact) mass is 217 g/mol. The highest BCUT2D eigenvalue weighted by Crippen LogP contribution is 2.22. The van der Waals surface area contributed by atoms with Crippen LogP contribution in [0.5, 0.6) is 0 Å². The van der Waals surface area contributed by atoms with Crippen LogP contribution in [0.4, 0.5) is 0 Å². The zero-order valence-corrected chi connectivity index (χ0v) is 9.62. The first-order chi connectivity index (χ1) is 7.83. The quantitative estimate of drug-likeness (QED) is 0.828. The van der Waals surface area contributed by atoms with Crippen LogP contribution in [-0.2, 0) is 6.42 Å². The van der Waals surface area contributed by atoms with Crippen molar-refractivity contribution >= 4 is 12.0 Å². The highest BCUT2D eigenvalue weighted by Gasteiger charge is 2.13. The molecule has 1 aliphatic rings. The van der Waals surface area contributed by atoms with Crippen LogP contribution in [0.2, 0.25) is 0 Å². The molecule has 0 aliphatic heterocycles. The summed E-state index contributed by atoms with van der Waals surface area (Å²) in [5, 5.41) is 2.93. The Labute approximate surface area is 97.9 Å². The van der Waals surface area contributed by atoms with Gasteiger partial charge in [0.1, 0.15) is 0 Å². The Morgan fingerprint density at radius 3 is 3.19 bits per heavy atom. The van der Waals surface area contributed by atoms with Crippen molar-refractivity contribution in [3.05, 3.63) is 41.0 Å². The molecule has 0 spiro atoms. The maximum atomic E-state index is 11.9.